The van der Waals surface area contributed by atoms with E-state index in [0.29, 0.717) is 6.54 Å². The van der Waals surface area contributed by atoms with Gasteiger partial charge < -0.3 is 11.1 Å². The van der Waals surface area contributed by atoms with E-state index in [-0.39, 0.29) is 11.9 Å². The van der Waals surface area contributed by atoms with Gasteiger partial charge >= 0.3 is 0 Å². The normalized spacial score (nSPS) is 13.8. The van der Waals surface area contributed by atoms with Gasteiger partial charge in [0, 0.05) is 23.8 Å². The van der Waals surface area contributed by atoms with Crippen molar-refractivity contribution in [1.29, 1.82) is 0 Å². The van der Waals surface area contributed by atoms with Crippen LogP contribution in [0.1, 0.15) is 38.1 Å². The zero-order valence-corrected chi connectivity index (χ0v) is 10.3. The third-order valence-electron chi connectivity index (χ3n) is 2.85. The molecule has 0 radical (unpaired) electrons. The molecule has 0 fully saturated rings. The Balaban J connectivity index is 2.57. The van der Waals surface area contributed by atoms with E-state index in [1.807, 2.05) is 27.7 Å². The summed E-state index contributed by atoms with van der Waals surface area (Å²) in [6.45, 7) is 8.22. The van der Waals surface area contributed by atoms with E-state index in [0.717, 1.165) is 11.3 Å². The fourth-order valence-electron chi connectivity index (χ4n) is 1.40. The van der Waals surface area contributed by atoms with Gasteiger partial charge in [0.2, 0.25) is 5.91 Å². The molecule has 5 nitrogen and oxygen atoms in total. The number of rotatable bonds is 5. The lowest BCUT2D eigenvalue weighted by atomic mass is 9.92. The van der Waals surface area contributed by atoms with Gasteiger partial charge in [-0.2, -0.15) is 5.10 Å². The van der Waals surface area contributed by atoms with Crippen molar-refractivity contribution in [3.05, 3.63) is 17.5 Å². The topological polar surface area (TPSA) is 83.8 Å². The maximum absolute atomic E-state index is 11.2. The number of carbonyl (C=O) groups is 1. The fraction of sp³-hybridized carbons (Fsp3) is 0.636. The van der Waals surface area contributed by atoms with E-state index in [9.17, 15) is 4.79 Å². The third-order valence-corrected chi connectivity index (χ3v) is 2.85. The van der Waals surface area contributed by atoms with Gasteiger partial charge in [-0.3, -0.25) is 9.89 Å². The Hall–Kier alpha value is -1.36. The molecule has 0 bridgehead atoms. The first-order valence-corrected chi connectivity index (χ1v) is 5.38. The summed E-state index contributed by atoms with van der Waals surface area (Å²) in [6.07, 6.45) is 1.80. The van der Waals surface area contributed by atoms with Gasteiger partial charge in [0.1, 0.15) is 0 Å². The molecular formula is C11H20N4O. The second-order valence-corrected chi connectivity index (χ2v) is 4.80. The number of aromatic amines is 1. The van der Waals surface area contributed by atoms with Crippen molar-refractivity contribution in [2.45, 2.75) is 33.7 Å². The number of H-pyrrole nitrogens is 1. The van der Waals surface area contributed by atoms with E-state index in [1.165, 1.54) is 0 Å². The Labute approximate surface area is 95.8 Å². The molecular weight excluding hydrogens is 204 g/mol. The van der Waals surface area contributed by atoms with Crippen LogP contribution in [0, 0.1) is 12.3 Å². The molecule has 0 aromatic carbocycles. The number of amides is 1. The average Bonchev–Trinajstić information content (AvgIpc) is 2.61. The summed E-state index contributed by atoms with van der Waals surface area (Å²) < 4.78 is 0. The van der Waals surface area contributed by atoms with Gasteiger partial charge in [0.05, 0.1) is 11.6 Å². The van der Waals surface area contributed by atoms with Crippen molar-refractivity contribution in [3.63, 3.8) is 0 Å². The highest BCUT2D eigenvalue weighted by molar-refractivity contribution is 5.80. The predicted octanol–water partition coefficient (Wildman–Crippen LogP) is 0.880. The number of hydrogen-bond donors (Lipinski definition) is 3. The Bertz CT molecular complexity index is 370. The monoisotopic (exact) mass is 224 g/mol. The molecule has 1 heterocycles. The molecule has 16 heavy (non-hydrogen) atoms. The van der Waals surface area contributed by atoms with Gasteiger partial charge in [-0.25, -0.2) is 0 Å². The van der Waals surface area contributed by atoms with Crippen LogP contribution in [-0.2, 0) is 4.79 Å². The summed E-state index contributed by atoms with van der Waals surface area (Å²) in [5.41, 5.74) is 6.92. The van der Waals surface area contributed by atoms with Gasteiger partial charge in [-0.05, 0) is 27.7 Å². The van der Waals surface area contributed by atoms with Gasteiger partial charge in [0.15, 0.2) is 0 Å². The van der Waals surface area contributed by atoms with E-state index in [1.54, 1.807) is 6.20 Å². The van der Waals surface area contributed by atoms with Crippen LogP contribution in [0.4, 0.5) is 0 Å². The van der Waals surface area contributed by atoms with Crippen LogP contribution in [0.5, 0.6) is 0 Å². The van der Waals surface area contributed by atoms with Crippen LogP contribution in [0.15, 0.2) is 6.20 Å². The van der Waals surface area contributed by atoms with E-state index >= 15 is 0 Å². The van der Waals surface area contributed by atoms with Crippen molar-refractivity contribution in [1.82, 2.24) is 15.5 Å². The van der Waals surface area contributed by atoms with Gasteiger partial charge in [-0.1, -0.05) is 0 Å². The van der Waals surface area contributed by atoms with Crippen molar-refractivity contribution in [2.24, 2.45) is 11.1 Å². The molecule has 90 valence electrons. The van der Waals surface area contributed by atoms with Gasteiger partial charge in [-0.15, -0.1) is 0 Å². The number of aromatic nitrogens is 2. The first-order chi connectivity index (χ1) is 7.34. The molecule has 0 aliphatic rings. The van der Waals surface area contributed by atoms with Crippen LogP contribution in [-0.4, -0.2) is 22.6 Å². The number of nitrogens with one attached hydrogen (secondary N) is 2. The first-order valence-electron chi connectivity index (χ1n) is 5.38. The largest absolute Gasteiger partial charge is 0.369 e. The molecule has 0 aliphatic heterocycles. The zero-order valence-electron chi connectivity index (χ0n) is 10.3. The lowest BCUT2D eigenvalue weighted by Crippen LogP contribution is -2.41. The van der Waals surface area contributed by atoms with Crippen LogP contribution in [0.3, 0.4) is 0 Å². The average molecular weight is 224 g/mol. The first kappa shape index (κ1) is 12.7. The minimum absolute atomic E-state index is 0.150. The predicted molar refractivity (Wildman–Crippen MR) is 62.7 cm³/mol. The summed E-state index contributed by atoms with van der Waals surface area (Å²) >= 11 is 0. The molecule has 1 atom stereocenters. The lowest BCUT2D eigenvalue weighted by molar-refractivity contribution is -0.125. The smallest absolute Gasteiger partial charge is 0.224 e. The van der Waals surface area contributed by atoms with E-state index < -0.39 is 5.41 Å². The van der Waals surface area contributed by atoms with E-state index in [2.05, 4.69) is 15.5 Å². The van der Waals surface area contributed by atoms with Crippen molar-refractivity contribution in [3.8, 4) is 0 Å². The summed E-state index contributed by atoms with van der Waals surface area (Å²) in [5, 5.41) is 10.1. The quantitative estimate of drug-likeness (QED) is 0.694. The number of nitrogens with two attached hydrogens (primary N) is 1. The summed E-state index contributed by atoms with van der Waals surface area (Å²) in [4.78, 5) is 11.2. The maximum Gasteiger partial charge on any atom is 0.224 e. The summed E-state index contributed by atoms with van der Waals surface area (Å²) in [5.74, 6) is -0.295. The number of carbonyl (C=O) groups excluding carboxylic acids is 1. The summed E-state index contributed by atoms with van der Waals surface area (Å²) in [7, 11) is 0. The van der Waals surface area contributed by atoms with Gasteiger partial charge in [0.25, 0.3) is 0 Å². The molecule has 0 saturated carbocycles. The molecule has 1 aromatic rings. The van der Waals surface area contributed by atoms with Crippen molar-refractivity contribution in [2.75, 3.05) is 6.54 Å². The Morgan fingerprint density at radius 3 is 2.75 bits per heavy atom. The number of nitrogens with zero attached hydrogens (tertiary/aromatic N) is 1. The second-order valence-electron chi connectivity index (χ2n) is 4.80. The molecule has 1 amide bonds. The minimum Gasteiger partial charge on any atom is -0.369 e. The molecule has 1 unspecified atom stereocenters. The minimum atomic E-state index is -0.536. The lowest BCUT2D eigenvalue weighted by Gasteiger charge is -2.23. The zero-order chi connectivity index (χ0) is 12.3. The van der Waals surface area contributed by atoms with Crippen LogP contribution in [0.2, 0.25) is 0 Å². The highest BCUT2D eigenvalue weighted by atomic mass is 16.1. The van der Waals surface area contributed by atoms with E-state index in [4.69, 9.17) is 5.73 Å². The molecule has 0 aliphatic carbocycles. The summed E-state index contributed by atoms with van der Waals surface area (Å²) in [6, 6.07) is 0.150. The van der Waals surface area contributed by atoms with Crippen LogP contribution in [0.25, 0.3) is 0 Å². The number of aryl methyl sites for hydroxylation is 1. The SMILES string of the molecule is Cc1[nH]ncc1C(C)NCC(C)(C)C(N)=O. The van der Waals surface area contributed by atoms with Crippen LogP contribution < -0.4 is 11.1 Å². The molecule has 0 saturated heterocycles. The highest BCUT2D eigenvalue weighted by Crippen LogP contribution is 2.18. The second kappa shape index (κ2) is 4.65. The standard InChI is InChI=1S/C11H20N4O/c1-7(9-5-14-15-8(9)2)13-6-11(3,4)10(12)16/h5,7,13H,6H2,1-4H3,(H2,12,16)(H,14,15). The molecule has 4 N–H and O–H groups in total. The highest BCUT2D eigenvalue weighted by Gasteiger charge is 2.25. The van der Waals surface area contributed by atoms with Crippen molar-refractivity contribution >= 4 is 5.91 Å². The number of hydrogen-bond acceptors (Lipinski definition) is 3. The molecule has 1 aromatic heterocycles. The molecule has 5 heteroatoms. The molecule has 0 spiro atoms. The fourth-order valence-corrected chi connectivity index (χ4v) is 1.40. The maximum atomic E-state index is 11.2. The molecule has 1 rings (SSSR count). The number of primary amides is 1. The Morgan fingerprint density at radius 1 is 1.69 bits per heavy atom. The third kappa shape index (κ3) is 2.82. The van der Waals surface area contributed by atoms with Crippen molar-refractivity contribution < 1.29 is 4.79 Å². The Kier molecular flexibility index (Phi) is 3.70. The Morgan fingerprint density at radius 2 is 2.31 bits per heavy atom. The van der Waals surface area contributed by atoms with Crippen LogP contribution >= 0.6 is 0 Å².